The van der Waals surface area contributed by atoms with E-state index in [-0.39, 0.29) is 0 Å². The first kappa shape index (κ1) is 14.1. The molecular formula is C10H7NO8. The number of phenols is 1. The van der Waals surface area contributed by atoms with Crippen molar-refractivity contribution < 1.29 is 34.6 Å². The number of phenolic OH excluding ortho intramolecular Hbond substituents is 1. The zero-order chi connectivity index (χ0) is 14.7. The van der Waals surface area contributed by atoms with Crippen molar-refractivity contribution in [3.63, 3.8) is 0 Å². The van der Waals surface area contributed by atoms with E-state index in [9.17, 15) is 24.5 Å². The normalized spacial score (nSPS) is 10.2. The number of carbonyl (C=O) groups is 3. The van der Waals surface area contributed by atoms with E-state index in [1.54, 1.807) is 0 Å². The molecule has 9 heteroatoms. The average Bonchev–Trinajstić information content (AvgIpc) is 2.29. The van der Waals surface area contributed by atoms with Crippen LogP contribution in [-0.4, -0.2) is 38.1 Å². The van der Waals surface area contributed by atoms with Gasteiger partial charge in [-0.25, -0.2) is 4.79 Å². The van der Waals surface area contributed by atoms with Crippen LogP contribution in [0.2, 0.25) is 0 Å². The maximum absolute atomic E-state index is 11.3. The van der Waals surface area contributed by atoms with Gasteiger partial charge in [0.25, 0.3) is 0 Å². The third-order valence-electron chi connectivity index (χ3n) is 2.24. The molecule has 0 aliphatic carbocycles. The zero-order valence-corrected chi connectivity index (χ0v) is 9.14. The smallest absolute Gasteiger partial charge is 0.477 e. The zero-order valence-electron chi connectivity index (χ0n) is 9.14. The van der Waals surface area contributed by atoms with Crippen LogP contribution in [-0.2, 0) is 9.59 Å². The standard InChI is InChI=1S/C10H7NO8/c12-4-1-2-5(7(9(14)15)10(16)17)6(3-4)8(13)11(18)19/h1-3,7,12H,(H,14,15)(H,16,17). The quantitative estimate of drug-likeness (QED) is 0.393. The Hall–Kier alpha value is -2.97. The molecule has 0 atom stereocenters. The van der Waals surface area contributed by atoms with Crippen LogP contribution in [0.1, 0.15) is 21.8 Å². The van der Waals surface area contributed by atoms with Gasteiger partial charge in [-0.2, -0.15) is 0 Å². The van der Waals surface area contributed by atoms with Crippen LogP contribution in [0.5, 0.6) is 5.75 Å². The second-order valence-corrected chi connectivity index (χ2v) is 3.44. The van der Waals surface area contributed by atoms with Crippen molar-refractivity contribution in [2.45, 2.75) is 5.92 Å². The molecule has 0 bridgehead atoms. The molecular weight excluding hydrogens is 262 g/mol. The van der Waals surface area contributed by atoms with Gasteiger partial charge in [-0.3, -0.25) is 19.7 Å². The summed E-state index contributed by atoms with van der Waals surface area (Å²) >= 11 is 0. The molecule has 0 saturated heterocycles. The Kier molecular flexibility index (Phi) is 3.80. The Labute approximate surface area is 104 Å². The number of rotatable bonds is 4. The lowest BCUT2D eigenvalue weighted by molar-refractivity contribution is -0.375. The summed E-state index contributed by atoms with van der Waals surface area (Å²) in [6.45, 7) is 0. The first-order valence-electron chi connectivity index (χ1n) is 4.73. The van der Waals surface area contributed by atoms with Crippen LogP contribution in [0.4, 0.5) is 0 Å². The van der Waals surface area contributed by atoms with Crippen molar-refractivity contribution in [1.29, 1.82) is 0 Å². The molecule has 19 heavy (non-hydrogen) atoms. The molecule has 1 aromatic carbocycles. The summed E-state index contributed by atoms with van der Waals surface area (Å²) in [4.78, 5) is 42.0. The Morgan fingerprint density at radius 2 is 1.68 bits per heavy atom. The number of aromatic hydroxyl groups is 1. The van der Waals surface area contributed by atoms with E-state index >= 15 is 0 Å². The highest BCUT2D eigenvalue weighted by Gasteiger charge is 2.35. The van der Waals surface area contributed by atoms with Crippen LogP contribution >= 0.6 is 0 Å². The first-order valence-corrected chi connectivity index (χ1v) is 4.73. The summed E-state index contributed by atoms with van der Waals surface area (Å²) in [7, 11) is 0. The SMILES string of the molecule is O=C(O)C(C(=O)O)c1ccc(O)cc1C(=O)[N+](=O)[O-]. The Morgan fingerprint density at radius 3 is 2.11 bits per heavy atom. The number of hydrogen-bond acceptors (Lipinski definition) is 6. The van der Waals surface area contributed by atoms with Crippen molar-refractivity contribution in [2.75, 3.05) is 0 Å². The minimum absolute atomic E-state index is 0.525. The van der Waals surface area contributed by atoms with E-state index in [0.29, 0.717) is 6.07 Å². The largest absolute Gasteiger partial charge is 0.508 e. The lowest BCUT2D eigenvalue weighted by atomic mass is 9.93. The third-order valence-corrected chi connectivity index (χ3v) is 2.24. The van der Waals surface area contributed by atoms with Crippen molar-refractivity contribution >= 4 is 17.8 Å². The highest BCUT2D eigenvalue weighted by atomic mass is 16.6. The summed E-state index contributed by atoms with van der Waals surface area (Å²) < 4.78 is 0. The number of benzene rings is 1. The minimum Gasteiger partial charge on any atom is -0.508 e. The molecule has 0 aliphatic heterocycles. The van der Waals surface area contributed by atoms with Gasteiger partial charge >= 0.3 is 17.8 Å². The molecule has 1 aromatic rings. The highest BCUT2D eigenvalue weighted by Crippen LogP contribution is 2.25. The summed E-state index contributed by atoms with van der Waals surface area (Å²) in [5.74, 6) is -7.92. The monoisotopic (exact) mass is 269 g/mol. The molecule has 100 valence electrons. The van der Waals surface area contributed by atoms with Crippen LogP contribution in [0.25, 0.3) is 0 Å². The molecule has 0 unspecified atom stereocenters. The lowest BCUT2D eigenvalue weighted by Crippen LogP contribution is -2.25. The molecule has 0 heterocycles. The number of nitro groups is 1. The number of carboxylic acids is 2. The van der Waals surface area contributed by atoms with Gasteiger partial charge in [0.2, 0.25) is 0 Å². The van der Waals surface area contributed by atoms with E-state index in [1.165, 1.54) is 0 Å². The predicted octanol–water partition coefficient (Wildman–Crippen LogP) is 0.0619. The second-order valence-electron chi connectivity index (χ2n) is 3.44. The van der Waals surface area contributed by atoms with Crippen LogP contribution in [0, 0.1) is 10.1 Å². The maximum Gasteiger partial charge on any atom is 0.477 e. The van der Waals surface area contributed by atoms with Crippen LogP contribution < -0.4 is 0 Å². The van der Waals surface area contributed by atoms with E-state index in [0.717, 1.165) is 12.1 Å². The van der Waals surface area contributed by atoms with Crippen LogP contribution in [0.15, 0.2) is 18.2 Å². The fourth-order valence-corrected chi connectivity index (χ4v) is 1.45. The maximum atomic E-state index is 11.3. The third kappa shape index (κ3) is 2.83. The van der Waals surface area contributed by atoms with Gasteiger partial charge in [0.05, 0.1) is 0 Å². The Balaban J connectivity index is 3.50. The molecule has 0 saturated carbocycles. The molecule has 0 aromatic heterocycles. The van der Waals surface area contributed by atoms with E-state index in [1.807, 2.05) is 0 Å². The number of amides is 1. The van der Waals surface area contributed by atoms with Gasteiger partial charge in [0, 0.05) is 0 Å². The summed E-state index contributed by atoms with van der Waals surface area (Å²) in [6.07, 6.45) is 0. The second kappa shape index (κ2) is 5.12. The van der Waals surface area contributed by atoms with Crippen molar-refractivity contribution in [1.82, 2.24) is 0 Å². The first-order chi connectivity index (χ1) is 8.75. The summed E-state index contributed by atoms with van der Waals surface area (Å²) in [6, 6.07) is 2.43. The molecule has 0 fully saturated rings. The molecule has 1 amide bonds. The highest BCUT2D eigenvalue weighted by molar-refractivity contribution is 6.02. The number of nitrogens with zero attached hydrogens (tertiary/aromatic N) is 1. The molecule has 0 aliphatic rings. The number of aliphatic carboxylic acids is 2. The fourth-order valence-electron chi connectivity index (χ4n) is 1.45. The Morgan fingerprint density at radius 1 is 1.16 bits per heavy atom. The number of carbonyl (C=O) groups excluding carboxylic acids is 1. The summed E-state index contributed by atoms with van der Waals surface area (Å²) in [5.41, 5.74) is -1.35. The van der Waals surface area contributed by atoms with Crippen molar-refractivity contribution in [3.05, 3.63) is 39.4 Å². The van der Waals surface area contributed by atoms with Crippen molar-refractivity contribution in [3.8, 4) is 5.75 Å². The molecule has 0 spiro atoms. The molecule has 0 radical (unpaired) electrons. The van der Waals surface area contributed by atoms with Gasteiger partial charge < -0.3 is 15.3 Å². The minimum atomic E-state index is -2.14. The topological polar surface area (TPSA) is 155 Å². The fraction of sp³-hybridized carbons (Fsp3) is 0.100. The van der Waals surface area contributed by atoms with Crippen molar-refractivity contribution in [2.24, 2.45) is 0 Å². The lowest BCUT2D eigenvalue weighted by Gasteiger charge is -2.10. The van der Waals surface area contributed by atoms with Gasteiger partial charge in [-0.05, 0) is 17.7 Å². The van der Waals surface area contributed by atoms with Gasteiger partial charge in [-0.15, -0.1) is 0 Å². The molecule has 3 N–H and O–H groups in total. The van der Waals surface area contributed by atoms with E-state index in [2.05, 4.69) is 0 Å². The van der Waals surface area contributed by atoms with Crippen LogP contribution in [0.3, 0.4) is 0 Å². The van der Waals surface area contributed by atoms with Gasteiger partial charge in [0.1, 0.15) is 16.2 Å². The van der Waals surface area contributed by atoms with E-state index < -0.39 is 45.6 Å². The molecule has 1 rings (SSSR count). The number of carboxylic acid groups (broad SMARTS) is 2. The van der Waals surface area contributed by atoms with Gasteiger partial charge in [0.15, 0.2) is 5.92 Å². The van der Waals surface area contributed by atoms with E-state index in [4.69, 9.17) is 15.3 Å². The Bertz CT molecular complexity index is 565. The molecule has 9 nitrogen and oxygen atoms in total. The average molecular weight is 269 g/mol. The summed E-state index contributed by atoms with van der Waals surface area (Å²) in [5, 5.41) is 37.1. The predicted molar refractivity (Wildman–Crippen MR) is 57.4 cm³/mol. The van der Waals surface area contributed by atoms with Gasteiger partial charge in [-0.1, -0.05) is 6.07 Å². The number of hydrogen-bond donors (Lipinski definition) is 3.